The van der Waals surface area contributed by atoms with Crippen molar-refractivity contribution in [1.29, 1.82) is 0 Å². The number of rotatable bonds is 5. The van der Waals surface area contributed by atoms with Crippen molar-refractivity contribution in [3.8, 4) is 0 Å². The van der Waals surface area contributed by atoms with Gasteiger partial charge in [-0.25, -0.2) is 0 Å². The van der Waals surface area contributed by atoms with E-state index in [4.69, 9.17) is 10.5 Å². The number of methoxy groups -OCH3 is 1. The zero-order chi connectivity index (χ0) is 12.3. The molecule has 0 saturated heterocycles. The molecule has 0 aromatic heterocycles. The lowest BCUT2D eigenvalue weighted by molar-refractivity contribution is -0.0813. The second kappa shape index (κ2) is 5.51. The first-order chi connectivity index (χ1) is 8.13. The Labute approximate surface area is 112 Å². The summed E-state index contributed by atoms with van der Waals surface area (Å²) < 4.78 is 6.73. The van der Waals surface area contributed by atoms with Crippen LogP contribution in [0.3, 0.4) is 0 Å². The summed E-state index contributed by atoms with van der Waals surface area (Å²) in [6, 6.07) is 8.55. The maximum absolute atomic E-state index is 6.23. The minimum atomic E-state index is 0.0748. The van der Waals surface area contributed by atoms with Crippen molar-refractivity contribution in [2.24, 2.45) is 5.73 Å². The molecule has 1 aliphatic carbocycles. The molecule has 1 unspecified atom stereocenters. The maximum atomic E-state index is 6.23. The quantitative estimate of drug-likeness (QED) is 0.905. The number of ether oxygens (including phenoxy) is 1. The van der Waals surface area contributed by atoms with E-state index in [1.807, 2.05) is 13.2 Å². The van der Waals surface area contributed by atoms with E-state index in [2.05, 4.69) is 34.1 Å². The van der Waals surface area contributed by atoms with Gasteiger partial charge in [0.2, 0.25) is 0 Å². The Morgan fingerprint density at radius 1 is 1.47 bits per heavy atom. The molecule has 2 N–H and O–H groups in total. The molecule has 0 amide bonds. The van der Waals surface area contributed by atoms with E-state index in [-0.39, 0.29) is 11.6 Å². The molecule has 94 valence electrons. The highest BCUT2D eigenvalue weighted by molar-refractivity contribution is 9.10. The molecule has 1 fully saturated rings. The topological polar surface area (TPSA) is 35.2 Å². The highest BCUT2D eigenvalue weighted by Crippen LogP contribution is 2.38. The normalized spacial score (nSPS) is 19.7. The average Bonchev–Trinajstić information content (AvgIpc) is 2.23. The van der Waals surface area contributed by atoms with Crippen LogP contribution in [0.2, 0.25) is 0 Å². The molecular weight excluding hydrogens is 278 g/mol. The van der Waals surface area contributed by atoms with Crippen LogP contribution in [0, 0.1) is 0 Å². The molecule has 1 aromatic carbocycles. The Hall–Kier alpha value is -0.380. The third-order valence-electron chi connectivity index (χ3n) is 3.72. The number of hydrogen-bond donors (Lipinski definition) is 1. The summed E-state index contributed by atoms with van der Waals surface area (Å²) in [6.45, 7) is 0. The standard InChI is InChI=1S/C14H20BrNO/c1-17-14(6-3-7-14)10-13(16)9-11-4-2-5-12(15)8-11/h2,4-5,8,13H,3,6-7,9-10,16H2,1H3. The molecule has 0 heterocycles. The van der Waals surface area contributed by atoms with Crippen molar-refractivity contribution in [3.05, 3.63) is 34.3 Å². The van der Waals surface area contributed by atoms with Gasteiger partial charge in [-0.2, -0.15) is 0 Å². The van der Waals surface area contributed by atoms with E-state index in [0.717, 1.165) is 30.2 Å². The van der Waals surface area contributed by atoms with Crippen molar-refractivity contribution in [2.75, 3.05) is 7.11 Å². The highest BCUT2D eigenvalue weighted by atomic mass is 79.9. The predicted octanol–water partition coefficient (Wildman–Crippen LogP) is 3.28. The van der Waals surface area contributed by atoms with Crippen LogP contribution in [0.4, 0.5) is 0 Å². The van der Waals surface area contributed by atoms with Gasteiger partial charge in [-0.05, 0) is 49.8 Å². The molecule has 1 aliphatic rings. The molecule has 0 aliphatic heterocycles. The molecule has 0 spiro atoms. The first kappa shape index (κ1) is 13.1. The summed E-state index contributed by atoms with van der Waals surface area (Å²) in [5.74, 6) is 0. The van der Waals surface area contributed by atoms with E-state index in [1.165, 1.54) is 12.0 Å². The fourth-order valence-corrected chi connectivity index (χ4v) is 3.03. The third kappa shape index (κ3) is 3.30. The van der Waals surface area contributed by atoms with Gasteiger partial charge in [-0.1, -0.05) is 28.1 Å². The molecule has 1 aromatic rings. The Balaban J connectivity index is 1.90. The van der Waals surface area contributed by atoms with Gasteiger partial charge in [0.05, 0.1) is 5.60 Å². The number of benzene rings is 1. The molecule has 2 nitrogen and oxygen atoms in total. The van der Waals surface area contributed by atoms with Crippen LogP contribution in [0.1, 0.15) is 31.2 Å². The SMILES string of the molecule is COC1(CC(N)Cc2cccc(Br)c2)CCC1. The maximum Gasteiger partial charge on any atom is 0.0693 e. The smallest absolute Gasteiger partial charge is 0.0693 e. The van der Waals surface area contributed by atoms with E-state index < -0.39 is 0 Å². The van der Waals surface area contributed by atoms with Gasteiger partial charge in [0.25, 0.3) is 0 Å². The lowest BCUT2D eigenvalue weighted by Crippen LogP contribution is -2.44. The van der Waals surface area contributed by atoms with Crippen molar-refractivity contribution in [1.82, 2.24) is 0 Å². The van der Waals surface area contributed by atoms with Gasteiger partial charge >= 0.3 is 0 Å². The minimum absolute atomic E-state index is 0.0748. The Morgan fingerprint density at radius 2 is 2.24 bits per heavy atom. The summed E-state index contributed by atoms with van der Waals surface area (Å²) in [7, 11) is 1.81. The molecular formula is C14H20BrNO. The van der Waals surface area contributed by atoms with Crippen molar-refractivity contribution in [3.63, 3.8) is 0 Å². The third-order valence-corrected chi connectivity index (χ3v) is 4.21. The molecule has 0 bridgehead atoms. The van der Waals surface area contributed by atoms with Crippen molar-refractivity contribution in [2.45, 2.75) is 43.7 Å². The van der Waals surface area contributed by atoms with Crippen LogP contribution in [0.5, 0.6) is 0 Å². The van der Waals surface area contributed by atoms with E-state index in [0.29, 0.717) is 0 Å². The summed E-state index contributed by atoms with van der Waals surface area (Å²) in [5, 5.41) is 0. The van der Waals surface area contributed by atoms with Gasteiger partial charge < -0.3 is 10.5 Å². The fraction of sp³-hybridized carbons (Fsp3) is 0.571. The van der Waals surface area contributed by atoms with Gasteiger partial charge in [-0.3, -0.25) is 0 Å². The lowest BCUT2D eigenvalue weighted by atomic mass is 9.75. The predicted molar refractivity (Wildman–Crippen MR) is 74.0 cm³/mol. The van der Waals surface area contributed by atoms with Crippen molar-refractivity contribution >= 4 is 15.9 Å². The number of hydrogen-bond acceptors (Lipinski definition) is 2. The molecule has 17 heavy (non-hydrogen) atoms. The summed E-state index contributed by atoms with van der Waals surface area (Å²) in [4.78, 5) is 0. The molecule has 3 heteroatoms. The van der Waals surface area contributed by atoms with E-state index in [9.17, 15) is 0 Å². The second-order valence-corrected chi connectivity index (χ2v) is 5.95. The number of halogens is 1. The van der Waals surface area contributed by atoms with Gasteiger partial charge in [0, 0.05) is 17.6 Å². The molecule has 0 radical (unpaired) electrons. The fourth-order valence-electron chi connectivity index (χ4n) is 2.58. The summed E-state index contributed by atoms with van der Waals surface area (Å²) in [5.41, 5.74) is 7.60. The Kier molecular flexibility index (Phi) is 4.23. The Morgan fingerprint density at radius 3 is 2.76 bits per heavy atom. The van der Waals surface area contributed by atoms with Crippen LogP contribution in [-0.4, -0.2) is 18.8 Å². The minimum Gasteiger partial charge on any atom is -0.378 e. The van der Waals surface area contributed by atoms with Crippen LogP contribution in [0.25, 0.3) is 0 Å². The Bertz CT molecular complexity index is 371. The van der Waals surface area contributed by atoms with Crippen LogP contribution in [-0.2, 0) is 11.2 Å². The summed E-state index contributed by atoms with van der Waals surface area (Å²) >= 11 is 3.49. The highest BCUT2D eigenvalue weighted by Gasteiger charge is 2.38. The van der Waals surface area contributed by atoms with Gasteiger partial charge in [-0.15, -0.1) is 0 Å². The van der Waals surface area contributed by atoms with Crippen LogP contribution in [0.15, 0.2) is 28.7 Å². The van der Waals surface area contributed by atoms with Crippen molar-refractivity contribution < 1.29 is 4.74 Å². The molecule has 2 rings (SSSR count). The first-order valence-corrected chi connectivity index (χ1v) is 6.98. The molecule has 1 saturated carbocycles. The first-order valence-electron chi connectivity index (χ1n) is 6.19. The van der Waals surface area contributed by atoms with Crippen LogP contribution >= 0.6 is 15.9 Å². The zero-order valence-electron chi connectivity index (χ0n) is 10.3. The number of nitrogens with two attached hydrogens (primary N) is 1. The second-order valence-electron chi connectivity index (χ2n) is 5.04. The zero-order valence-corrected chi connectivity index (χ0v) is 11.9. The van der Waals surface area contributed by atoms with Gasteiger partial charge in [0.15, 0.2) is 0 Å². The van der Waals surface area contributed by atoms with E-state index in [1.54, 1.807) is 0 Å². The lowest BCUT2D eigenvalue weighted by Gasteiger charge is -2.42. The van der Waals surface area contributed by atoms with E-state index >= 15 is 0 Å². The average molecular weight is 298 g/mol. The largest absolute Gasteiger partial charge is 0.378 e. The molecule has 1 atom stereocenters. The summed E-state index contributed by atoms with van der Waals surface area (Å²) in [6.07, 6.45) is 5.49. The van der Waals surface area contributed by atoms with Crippen LogP contribution < -0.4 is 5.73 Å². The van der Waals surface area contributed by atoms with Gasteiger partial charge in [0.1, 0.15) is 0 Å². The monoisotopic (exact) mass is 297 g/mol.